The van der Waals surface area contributed by atoms with Crippen LogP contribution in [0.3, 0.4) is 0 Å². The average Bonchev–Trinajstić information content (AvgIpc) is 2.36. The van der Waals surface area contributed by atoms with Gasteiger partial charge in [0, 0.05) is 12.1 Å². The van der Waals surface area contributed by atoms with Gasteiger partial charge in [0.05, 0.1) is 6.61 Å². The molecule has 0 saturated heterocycles. The van der Waals surface area contributed by atoms with Crippen LogP contribution in [0.25, 0.3) is 0 Å². The van der Waals surface area contributed by atoms with E-state index >= 15 is 0 Å². The lowest BCUT2D eigenvalue weighted by molar-refractivity contribution is 0.00520. The molecule has 1 amide bonds. The Balaban J connectivity index is 2.56. The van der Waals surface area contributed by atoms with Crippen LogP contribution in [0.2, 0.25) is 0 Å². The van der Waals surface area contributed by atoms with Gasteiger partial charge in [-0.05, 0) is 66.5 Å². The molecule has 1 aromatic carbocycles. The van der Waals surface area contributed by atoms with Crippen molar-refractivity contribution in [1.29, 1.82) is 0 Å². The zero-order chi connectivity index (χ0) is 17.7. The molecule has 0 heterocycles. The summed E-state index contributed by atoms with van der Waals surface area (Å²) in [5.41, 5.74) is 0.343. The lowest BCUT2D eigenvalue weighted by atomic mass is 10.1. The standard InChI is InChI=1S/C19H31NO3/c1-15-11-8-9-12-16(15)22-14-10-13-20(18(2,3)4)17(21)23-19(5,6)7/h8-9,11-12H,10,13-14H2,1-7H3. The van der Waals surface area contributed by atoms with Gasteiger partial charge in [0.2, 0.25) is 0 Å². The van der Waals surface area contributed by atoms with Crippen LogP contribution in [0.5, 0.6) is 5.75 Å². The Labute approximate surface area is 140 Å². The zero-order valence-corrected chi connectivity index (χ0v) is 15.6. The summed E-state index contributed by atoms with van der Waals surface area (Å²) in [6.07, 6.45) is 0.478. The minimum absolute atomic E-state index is 0.277. The fraction of sp³-hybridized carbons (Fsp3) is 0.632. The zero-order valence-electron chi connectivity index (χ0n) is 15.6. The van der Waals surface area contributed by atoms with Crippen LogP contribution in [0, 0.1) is 6.92 Å². The van der Waals surface area contributed by atoms with Gasteiger partial charge in [0.25, 0.3) is 0 Å². The second-order valence-electron chi connectivity index (χ2n) is 7.77. The third-order valence-electron chi connectivity index (χ3n) is 3.30. The van der Waals surface area contributed by atoms with E-state index < -0.39 is 5.60 Å². The normalized spacial score (nSPS) is 12.0. The van der Waals surface area contributed by atoms with Gasteiger partial charge in [-0.25, -0.2) is 4.79 Å². The number of carbonyl (C=O) groups is 1. The van der Waals surface area contributed by atoms with Crippen molar-refractivity contribution in [2.45, 2.75) is 66.0 Å². The number of carbonyl (C=O) groups excluding carboxylic acids is 1. The lowest BCUT2D eigenvalue weighted by Crippen LogP contribution is -2.48. The number of hydrogen-bond acceptors (Lipinski definition) is 3. The van der Waals surface area contributed by atoms with Crippen molar-refractivity contribution in [3.05, 3.63) is 29.8 Å². The minimum atomic E-state index is -0.488. The van der Waals surface area contributed by atoms with Crippen molar-refractivity contribution in [2.24, 2.45) is 0 Å². The number of amides is 1. The predicted octanol–water partition coefficient (Wildman–Crippen LogP) is 4.80. The molecule has 4 heteroatoms. The predicted molar refractivity (Wildman–Crippen MR) is 94.0 cm³/mol. The second-order valence-corrected chi connectivity index (χ2v) is 7.77. The fourth-order valence-corrected chi connectivity index (χ4v) is 2.14. The quantitative estimate of drug-likeness (QED) is 0.731. The van der Waals surface area contributed by atoms with Gasteiger partial charge in [-0.2, -0.15) is 0 Å². The highest BCUT2D eigenvalue weighted by Crippen LogP contribution is 2.20. The first-order valence-electron chi connectivity index (χ1n) is 8.20. The number of rotatable bonds is 5. The smallest absolute Gasteiger partial charge is 0.410 e. The molecule has 0 atom stereocenters. The van der Waals surface area contributed by atoms with E-state index in [1.165, 1.54) is 0 Å². The second kappa shape index (κ2) is 7.71. The van der Waals surface area contributed by atoms with Gasteiger partial charge in [0.15, 0.2) is 0 Å². The first-order chi connectivity index (χ1) is 10.5. The molecule has 0 aliphatic rings. The first-order valence-corrected chi connectivity index (χ1v) is 8.20. The van der Waals surface area contributed by atoms with Crippen molar-refractivity contribution < 1.29 is 14.3 Å². The molecular formula is C19H31NO3. The summed E-state index contributed by atoms with van der Waals surface area (Å²) in [6, 6.07) is 7.94. The van der Waals surface area contributed by atoms with Crippen LogP contribution in [0.4, 0.5) is 4.79 Å². The summed E-state index contributed by atoms with van der Waals surface area (Å²) in [5, 5.41) is 0. The molecule has 1 rings (SSSR count). The molecule has 1 aromatic rings. The largest absolute Gasteiger partial charge is 0.493 e. The Bertz CT molecular complexity index is 512. The molecule has 0 N–H and O–H groups in total. The first kappa shape index (κ1) is 19.3. The SMILES string of the molecule is Cc1ccccc1OCCCN(C(=O)OC(C)(C)C)C(C)(C)C. The van der Waals surface area contributed by atoms with Gasteiger partial charge in [-0.3, -0.25) is 0 Å². The third-order valence-corrected chi connectivity index (χ3v) is 3.30. The van der Waals surface area contributed by atoms with Crippen LogP contribution in [-0.2, 0) is 4.74 Å². The van der Waals surface area contributed by atoms with E-state index in [-0.39, 0.29) is 11.6 Å². The summed E-state index contributed by atoms with van der Waals surface area (Å²) in [5.74, 6) is 0.895. The average molecular weight is 321 g/mol. The molecule has 0 aliphatic carbocycles. The van der Waals surface area contributed by atoms with E-state index in [1.54, 1.807) is 4.90 Å². The van der Waals surface area contributed by atoms with Crippen LogP contribution in [-0.4, -0.2) is 35.3 Å². The Morgan fingerprint density at radius 1 is 1.09 bits per heavy atom. The molecule has 0 unspecified atom stereocenters. The number of nitrogens with zero attached hydrogens (tertiary/aromatic N) is 1. The van der Waals surface area contributed by atoms with Crippen LogP contribution in [0.15, 0.2) is 24.3 Å². The number of hydrogen-bond donors (Lipinski definition) is 0. The summed E-state index contributed by atoms with van der Waals surface area (Å²) in [7, 11) is 0. The van der Waals surface area contributed by atoms with Crippen molar-refractivity contribution in [2.75, 3.05) is 13.2 Å². The van der Waals surface area contributed by atoms with Gasteiger partial charge in [-0.1, -0.05) is 18.2 Å². The van der Waals surface area contributed by atoms with Crippen LogP contribution < -0.4 is 4.74 Å². The number of aryl methyl sites for hydroxylation is 1. The third kappa shape index (κ3) is 6.93. The summed E-state index contributed by atoms with van der Waals surface area (Å²) in [6.45, 7) is 14.9. The Hall–Kier alpha value is -1.71. The highest BCUT2D eigenvalue weighted by molar-refractivity contribution is 5.69. The van der Waals surface area contributed by atoms with Crippen molar-refractivity contribution in [1.82, 2.24) is 4.90 Å². The molecule has 0 aliphatic heterocycles. The Kier molecular flexibility index (Phi) is 6.48. The molecular weight excluding hydrogens is 290 g/mol. The molecule has 23 heavy (non-hydrogen) atoms. The highest BCUT2D eigenvalue weighted by atomic mass is 16.6. The molecule has 0 saturated carbocycles. The number of benzene rings is 1. The maximum Gasteiger partial charge on any atom is 0.410 e. The van der Waals surface area contributed by atoms with Crippen molar-refractivity contribution in [3.63, 3.8) is 0 Å². The van der Waals surface area contributed by atoms with Crippen LogP contribution in [0.1, 0.15) is 53.5 Å². The maximum absolute atomic E-state index is 12.4. The fourth-order valence-electron chi connectivity index (χ4n) is 2.14. The molecule has 0 bridgehead atoms. The van der Waals surface area contributed by atoms with E-state index in [0.717, 1.165) is 17.7 Å². The number of para-hydroxylation sites is 1. The van der Waals surface area contributed by atoms with E-state index in [4.69, 9.17) is 9.47 Å². The summed E-state index contributed by atoms with van der Waals surface area (Å²) in [4.78, 5) is 14.2. The van der Waals surface area contributed by atoms with E-state index in [9.17, 15) is 4.79 Å². The van der Waals surface area contributed by atoms with Crippen molar-refractivity contribution in [3.8, 4) is 5.75 Å². The maximum atomic E-state index is 12.4. The molecule has 4 nitrogen and oxygen atoms in total. The van der Waals surface area contributed by atoms with Gasteiger partial charge in [0.1, 0.15) is 11.4 Å². The topological polar surface area (TPSA) is 38.8 Å². The lowest BCUT2D eigenvalue weighted by Gasteiger charge is -2.36. The highest BCUT2D eigenvalue weighted by Gasteiger charge is 2.30. The molecule has 0 spiro atoms. The van der Waals surface area contributed by atoms with Crippen molar-refractivity contribution >= 4 is 6.09 Å². The molecule has 0 radical (unpaired) electrons. The summed E-state index contributed by atoms with van der Waals surface area (Å²) < 4.78 is 11.3. The molecule has 0 aromatic heterocycles. The summed E-state index contributed by atoms with van der Waals surface area (Å²) >= 11 is 0. The van der Waals surface area contributed by atoms with E-state index in [1.807, 2.05) is 72.7 Å². The molecule has 130 valence electrons. The minimum Gasteiger partial charge on any atom is -0.493 e. The van der Waals surface area contributed by atoms with E-state index in [0.29, 0.717) is 13.2 Å². The Morgan fingerprint density at radius 2 is 1.70 bits per heavy atom. The monoisotopic (exact) mass is 321 g/mol. The number of ether oxygens (including phenoxy) is 2. The van der Waals surface area contributed by atoms with Gasteiger partial charge >= 0.3 is 6.09 Å². The van der Waals surface area contributed by atoms with E-state index in [2.05, 4.69) is 0 Å². The van der Waals surface area contributed by atoms with Gasteiger partial charge < -0.3 is 14.4 Å². The Morgan fingerprint density at radius 3 is 2.22 bits per heavy atom. The van der Waals surface area contributed by atoms with Gasteiger partial charge in [-0.15, -0.1) is 0 Å². The van der Waals surface area contributed by atoms with Crippen LogP contribution >= 0.6 is 0 Å². The molecule has 0 fully saturated rings.